The van der Waals surface area contributed by atoms with Crippen molar-refractivity contribution in [3.05, 3.63) is 23.8 Å². The Labute approximate surface area is 148 Å². The molecular weight excluding hydrogens is 344 g/mol. The zero-order chi connectivity index (χ0) is 18.0. The summed E-state index contributed by atoms with van der Waals surface area (Å²) in [6, 6.07) is 4.93. The maximum atomic E-state index is 12.6. The minimum atomic E-state index is -3.40. The Bertz CT molecular complexity index is 739. The Balaban J connectivity index is 1.57. The highest BCUT2D eigenvalue weighted by molar-refractivity contribution is 7.89. The highest BCUT2D eigenvalue weighted by Crippen LogP contribution is 2.32. The fourth-order valence-corrected chi connectivity index (χ4v) is 5.36. The Kier molecular flexibility index (Phi) is 5.19. The van der Waals surface area contributed by atoms with E-state index in [0.29, 0.717) is 17.1 Å². The van der Waals surface area contributed by atoms with E-state index in [0.717, 1.165) is 19.3 Å². The average Bonchev–Trinajstić information content (AvgIpc) is 3.01. The van der Waals surface area contributed by atoms with Crippen molar-refractivity contribution in [3.63, 3.8) is 0 Å². The molecule has 138 valence electrons. The number of hydrogen-bond donors (Lipinski definition) is 1. The highest BCUT2D eigenvalue weighted by Gasteiger charge is 2.34. The molecule has 1 aromatic carbocycles. The van der Waals surface area contributed by atoms with Crippen molar-refractivity contribution >= 4 is 15.9 Å². The lowest BCUT2D eigenvalue weighted by Crippen LogP contribution is -2.49. The third kappa shape index (κ3) is 3.90. The van der Waals surface area contributed by atoms with Gasteiger partial charge >= 0.3 is 0 Å². The van der Waals surface area contributed by atoms with Crippen LogP contribution >= 0.6 is 0 Å². The Morgan fingerprint density at radius 2 is 1.88 bits per heavy atom. The molecule has 0 bridgehead atoms. The summed E-state index contributed by atoms with van der Waals surface area (Å²) < 4.78 is 37.3. The van der Waals surface area contributed by atoms with Crippen LogP contribution in [0.25, 0.3) is 0 Å². The van der Waals surface area contributed by atoms with Crippen LogP contribution in [-0.4, -0.2) is 49.8 Å². The number of rotatable bonds is 5. The maximum absolute atomic E-state index is 12.6. The van der Waals surface area contributed by atoms with Gasteiger partial charge in [-0.2, -0.15) is 4.31 Å². The molecule has 2 aliphatic heterocycles. The van der Waals surface area contributed by atoms with E-state index < -0.39 is 10.0 Å². The van der Waals surface area contributed by atoms with E-state index in [9.17, 15) is 13.2 Å². The summed E-state index contributed by atoms with van der Waals surface area (Å²) in [7, 11) is -3.40. The van der Waals surface area contributed by atoms with Crippen molar-refractivity contribution in [2.75, 3.05) is 19.1 Å². The van der Waals surface area contributed by atoms with Gasteiger partial charge in [0, 0.05) is 24.2 Å². The van der Waals surface area contributed by atoms with E-state index in [1.807, 2.05) is 13.8 Å². The number of nitrogens with one attached hydrogen (secondary N) is 1. The van der Waals surface area contributed by atoms with Gasteiger partial charge in [0.15, 0.2) is 11.5 Å². The van der Waals surface area contributed by atoms with Crippen molar-refractivity contribution in [2.45, 2.75) is 45.2 Å². The first kappa shape index (κ1) is 18.0. The number of hydrogen-bond acceptors (Lipinski definition) is 5. The molecule has 0 aliphatic carbocycles. The van der Waals surface area contributed by atoms with Crippen molar-refractivity contribution in [3.8, 4) is 11.5 Å². The second-order valence-corrected chi connectivity index (χ2v) is 8.59. The molecule has 1 amide bonds. The van der Waals surface area contributed by atoms with E-state index >= 15 is 0 Å². The topological polar surface area (TPSA) is 84.9 Å². The van der Waals surface area contributed by atoms with Crippen molar-refractivity contribution in [1.29, 1.82) is 0 Å². The van der Waals surface area contributed by atoms with Gasteiger partial charge in [-0.3, -0.25) is 4.79 Å². The summed E-state index contributed by atoms with van der Waals surface area (Å²) in [5.74, 6) is 0.703. The second-order valence-electron chi connectivity index (χ2n) is 6.60. The van der Waals surface area contributed by atoms with Gasteiger partial charge in [-0.25, -0.2) is 8.42 Å². The molecule has 2 aliphatic rings. The van der Waals surface area contributed by atoms with Crippen LogP contribution in [0.3, 0.4) is 0 Å². The molecule has 2 atom stereocenters. The quantitative estimate of drug-likeness (QED) is 0.856. The van der Waals surface area contributed by atoms with Crippen LogP contribution in [0.5, 0.6) is 11.5 Å². The van der Waals surface area contributed by atoms with Gasteiger partial charge < -0.3 is 14.8 Å². The van der Waals surface area contributed by atoms with Crippen LogP contribution in [0.15, 0.2) is 18.2 Å². The predicted molar refractivity (Wildman–Crippen MR) is 93.3 cm³/mol. The van der Waals surface area contributed by atoms with Crippen LogP contribution in [0.2, 0.25) is 0 Å². The summed E-state index contributed by atoms with van der Waals surface area (Å²) in [5, 5.41) is 2.67. The fourth-order valence-electron chi connectivity index (χ4n) is 3.48. The van der Waals surface area contributed by atoms with Gasteiger partial charge in [0.05, 0.1) is 5.75 Å². The lowest BCUT2D eigenvalue weighted by atomic mass is 10.0. The minimum Gasteiger partial charge on any atom is -0.454 e. The molecule has 8 heteroatoms. The van der Waals surface area contributed by atoms with Gasteiger partial charge in [-0.15, -0.1) is 0 Å². The number of benzene rings is 1. The Morgan fingerprint density at radius 3 is 2.60 bits per heavy atom. The first-order chi connectivity index (χ1) is 11.9. The van der Waals surface area contributed by atoms with Gasteiger partial charge in [-0.05, 0) is 44.9 Å². The molecule has 7 nitrogen and oxygen atoms in total. The van der Waals surface area contributed by atoms with Gasteiger partial charge in [0.1, 0.15) is 0 Å². The van der Waals surface area contributed by atoms with Crippen molar-refractivity contribution < 1.29 is 22.7 Å². The highest BCUT2D eigenvalue weighted by atomic mass is 32.2. The fraction of sp³-hybridized carbons (Fsp3) is 0.588. The van der Waals surface area contributed by atoms with Crippen LogP contribution < -0.4 is 14.8 Å². The van der Waals surface area contributed by atoms with Crippen LogP contribution in [-0.2, 0) is 10.0 Å². The van der Waals surface area contributed by atoms with Crippen LogP contribution in [0.4, 0.5) is 0 Å². The molecule has 0 saturated carbocycles. The smallest absolute Gasteiger partial charge is 0.251 e. The Morgan fingerprint density at radius 1 is 1.20 bits per heavy atom. The van der Waals surface area contributed by atoms with E-state index in [1.54, 1.807) is 22.5 Å². The summed E-state index contributed by atoms with van der Waals surface area (Å²) in [6.07, 6.45) is 2.81. The largest absolute Gasteiger partial charge is 0.454 e. The molecule has 1 fully saturated rings. The third-order valence-electron chi connectivity index (χ3n) is 4.71. The lowest BCUT2D eigenvalue weighted by Gasteiger charge is -2.37. The second kappa shape index (κ2) is 7.21. The van der Waals surface area contributed by atoms with E-state index in [-0.39, 0.29) is 37.1 Å². The monoisotopic (exact) mass is 368 g/mol. The van der Waals surface area contributed by atoms with Gasteiger partial charge in [-0.1, -0.05) is 6.42 Å². The standard InChI is InChI=1S/C17H24N2O5S/c1-12-4-3-5-13(2)19(12)25(21,22)9-8-18-17(20)14-6-7-15-16(10-14)24-11-23-15/h6-7,10,12-13H,3-5,8-9,11H2,1-2H3,(H,18,20)/t12-,13-/m0/s1. The number of carbonyl (C=O) groups is 1. The molecule has 1 aromatic rings. The number of ether oxygens (including phenoxy) is 2. The number of sulfonamides is 1. The number of piperidine rings is 1. The van der Waals surface area contributed by atoms with Gasteiger partial charge in [0.2, 0.25) is 16.8 Å². The number of fused-ring (bicyclic) bond motifs is 1. The zero-order valence-electron chi connectivity index (χ0n) is 14.5. The van der Waals surface area contributed by atoms with Crippen molar-refractivity contribution in [1.82, 2.24) is 9.62 Å². The molecule has 0 radical (unpaired) electrons. The number of carbonyl (C=O) groups excluding carboxylic acids is 1. The summed E-state index contributed by atoms with van der Waals surface area (Å²) in [6.45, 7) is 4.10. The SMILES string of the molecule is C[C@H]1CCC[C@H](C)N1S(=O)(=O)CCNC(=O)c1ccc2c(c1)OCO2. The Hall–Kier alpha value is -1.80. The van der Waals surface area contributed by atoms with Gasteiger partial charge in [0.25, 0.3) is 5.91 Å². The molecule has 1 N–H and O–H groups in total. The number of nitrogens with zero attached hydrogens (tertiary/aromatic N) is 1. The third-order valence-corrected chi connectivity index (χ3v) is 6.80. The molecule has 0 spiro atoms. The zero-order valence-corrected chi connectivity index (χ0v) is 15.3. The van der Waals surface area contributed by atoms with Crippen LogP contribution in [0.1, 0.15) is 43.5 Å². The molecule has 0 aromatic heterocycles. The molecule has 2 heterocycles. The molecule has 3 rings (SSSR count). The predicted octanol–water partition coefficient (Wildman–Crippen LogP) is 1.74. The number of amides is 1. The summed E-state index contributed by atoms with van der Waals surface area (Å²) in [5.41, 5.74) is 0.418. The first-order valence-corrected chi connectivity index (χ1v) is 10.2. The van der Waals surface area contributed by atoms with E-state index in [4.69, 9.17) is 9.47 Å². The molecular formula is C17H24N2O5S. The summed E-state index contributed by atoms with van der Waals surface area (Å²) >= 11 is 0. The molecule has 25 heavy (non-hydrogen) atoms. The normalized spacial score (nSPS) is 23.4. The van der Waals surface area contributed by atoms with Crippen LogP contribution in [0, 0.1) is 0 Å². The van der Waals surface area contributed by atoms with E-state index in [2.05, 4.69) is 5.32 Å². The minimum absolute atomic E-state index is 0.0123. The molecule has 0 unspecified atom stereocenters. The maximum Gasteiger partial charge on any atom is 0.251 e. The molecule has 1 saturated heterocycles. The van der Waals surface area contributed by atoms with E-state index in [1.165, 1.54) is 0 Å². The lowest BCUT2D eigenvalue weighted by molar-refractivity contribution is 0.0955. The summed E-state index contributed by atoms with van der Waals surface area (Å²) in [4.78, 5) is 12.2. The van der Waals surface area contributed by atoms with Crippen molar-refractivity contribution in [2.24, 2.45) is 0 Å². The first-order valence-electron chi connectivity index (χ1n) is 8.57. The average molecular weight is 368 g/mol.